The monoisotopic (exact) mass is 226 g/mol. The van der Waals surface area contributed by atoms with Crippen LogP contribution in [0.2, 0.25) is 0 Å². The molecule has 0 bridgehead atoms. The largest absolute Gasteiger partial charge is 0.469 e. The molecule has 0 saturated carbocycles. The molecule has 0 aliphatic rings. The van der Waals surface area contributed by atoms with Gasteiger partial charge in [0.05, 0.1) is 13.5 Å². The molecule has 0 N–H and O–H groups in total. The Kier molecular flexibility index (Phi) is 4.64. The van der Waals surface area contributed by atoms with Crippen molar-refractivity contribution in [2.75, 3.05) is 7.11 Å². The molecule has 1 aromatic carbocycles. The molecule has 0 amide bonds. The van der Waals surface area contributed by atoms with E-state index in [4.69, 9.17) is 0 Å². The second-order valence-electron chi connectivity index (χ2n) is 3.15. The van der Waals surface area contributed by atoms with Gasteiger partial charge >= 0.3 is 5.97 Å². The van der Waals surface area contributed by atoms with Crippen molar-refractivity contribution in [1.29, 1.82) is 0 Å². The molecule has 0 aliphatic carbocycles. The highest BCUT2D eigenvalue weighted by Crippen LogP contribution is 2.19. The number of rotatable bonds is 4. The molecule has 0 atom stereocenters. The molecule has 1 aromatic rings. The lowest BCUT2D eigenvalue weighted by atomic mass is 10.1. The molecule has 0 fully saturated rings. The van der Waals surface area contributed by atoms with Gasteiger partial charge in [0.15, 0.2) is 0 Å². The van der Waals surface area contributed by atoms with E-state index in [1.807, 2.05) is 0 Å². The summed E-state index contributed by atoms with van der Waals surface area (Å²) < 4.78 is 29.1. The van der Waals surface area contributed by atoms with Gasteiger partial charge in [-0.3, -0.25) is 4.79 Å². The predicted molar refractivity (Wildman–Crippen MR) is 57.1 cm³/mol. The number of carbonyl (C=O) groups is 1. The highest BCUT2D eigenvalue weighted by Gasteiger charge is 2.05. The summed E-state index contributed by atoms with van der Waals surface area (Å²) in [7, 11) is 1.30. The third-order valence-electron chi connectivity index (χ3n) is 1.99. The average molecular weight is 226 g/mol. The molecule has 16 heavy (non-hydrogen) atoms. The molecule has 0 heterocycles. The molecule has 0 unspecified atom stereocenters. The lowest BCUT2D eigenvalue weighted by Gasteiger charge is -2.00. The normalized spacial score (nSPS) is 11.0. The van der Waals surface area contributed by atoms with Gasteiger partial charge in [0.2, 0.25) is 0 Å². The smallest absolute Gasteiger partial charge is 0.309 e. The summed E-state index contributed by atoms with van der Waals surface area (Å²) in [5.74, 6) is -0.360. The van der Waals surface area contributed by atoms with Crippen molar-refractivity contribution < 1.29 is 18.3 Å². The van der Waals surface area contributed by atoms with Crippen LogP contribution in [0.1, 0.15) is 24.0 Å². The van der Waals surface area contributed by atoms with Gasteiger partial charge in [-0.2, -0.15) is 0 Å². The van der Waals surface area contributed by atoms with Gasteiger partial charge in [0.1, 0.15) is 0 Å². The van der Waals surface area contributed by atoms with Gasteiger partial charge in [-0.1, -0.05) is 30.4 Å². The number of halogens is 2. The van der Waals surface area contributed by atoms with Gasteiger partial charge in [0.25, 0.3) is 6.43 Å². The van der Waals surface area contributed by atoms with E-state index < -0.39 is 6.43 Å². The molecule has 0 saturated heterocycles. The Morgan fingerprint density at radius 3 is 2.88 bits per heavy atom. The summed E-state index contributed by atoms with van der Waals surface area (Å²) in [6.45, 7) is 0. The van der Waals surface area contributed by atoms with Crippen molar-refractivity contribution in [3.05, 3.63) is 41.5 Å². The van der Waals surface area contributed by atoms with E-state index in [1.165, 1.54) is 19.2 Å². The van der Waals surface area contributed by atoms with Gasteiger partial charge < -0.3 is 4.74 Å². The Morgan fingerprint density at radius 1 is 1.50 bits per heavy atom. The molecule has 4 heteroatoms. The lowest BCUT2D eigenvalue weighted by Crippen LogP contribution is -1.96. The van der Waals surface area contributed by atoms with Crippen LogP contribution < -0.4 is 0 Å². The lowest BCUT2D eigenvalue weighted by molar-refractivity contribution is -0.139. The maximum atomic E-state index is 12.4. The minimum absolute atomic E-state index is 0.0276. The number of alkyl halides is 2. The average Bonchev–Trinajstić information content (AvgIpc) is 2.29. The zero-order valence-corrected chi connectivity index (χ0v) is 8.82. The van der Waals surface area contributed by atoms with Crippen molar-refractivity contribution >= 4 is 12.0 Å². The summed E-state index contributed by atoms with van der Waals surface area (Å²) in [4.78, 5) is 10.8. The fourth-order valence-corrected chi connectivity index (χ4v) is 1.17. The van der Waals surface area contributed by atoms with E-state index in [2.05, 4.69) is 4.74 Å². The second kappa shape index (κ2) is 6.00. The number of benzene rings is 1. The van der Waals surface area contributed by atoms with Crippen molar-refractivity contribution in [3.63, 3.8) is 0 Å². The first-order chi connectivity index (χ1) is 7.63. The molecule has 0 radical (unpaired) electrons. The summed E-state index contributed by atoms with van der Waals surface area (Å²) in [6, 6.07) is 6.00. The van der Waals surface area contributed by atoms with Crippen molar-refractivity contribution in [2.45, 2.75) is 12.8 Å². The molecule has 1 rings (SSSR count). The van der Waals surface area contributed by atoms with Crippen molar-refractivity contribution in [2.24, 2.45) is 0 Å². The highest BCUT2D eigenvalue weighted by atomic mass is 19.3. The first-order valence-corrected chi connectivity index (χ1v) is 4.75. The Hall–Kier alpha value is -1.71. The van der Waals surface area contributed by atoms with E-state index >= 15 is 0 Å². The second-order valence-corrected chi connectivity index (χ2v) is 3.15. The number of esters is 1. The Labute approximate surface area is 92.5 Å². The number of hydrogen-bond donors (Lipinski definition) is 0. The van der Waals surface area contributed by atoms with E-state index in [9.17, 15) is 13.6 Å². The molecule has 86 valence electrons. The van der Waals surface area contributed by atoms with Crippen molar-refractivity contribution in [3.8, 4) is 0 Å². The summed E-state index contributed by atoms with van der Waals surface area (Å²) in [6.07, 6.45) is 0.850. The quantitative estimate of drug-likeness (QED) is 0.737. The van der Waals surface area contributed by atoms with E-state index in [0.29, 0.717) is 5.56 Å². The highest BCUT2D eigenvalue weighted by molar-refractivity contribution is 5.72. The molecule has 0 spiro atoms. The zero-order chi connectivity index (χ0) is 12.0. The van der Waals surface area contributed by atoms with Crippen LogP contribution in [-0.4, -0.2) is 13.1 Å². The minimum atomic E-state index is -2.48. The van der Waals surface area contributed by atoms with Crippen LogP contribution in [0.25, 0.3) is 6.08 Å². The third-order valence-corrected chi connectivity index (χ3v) is 1.99. The van der Waals surface area contributed by atoms with E-state index in [0.717, 1.165) is 0 Å². The van der Waals surface area contributed by atoms with Crippen molar-refractivity contribution in [1.82, 2.24) is 0 Å². The predicted octanol–water partition coefficient (Wildman–Crippen LogP) is 3.20. The topological polar surface area (TPSA) is 26.3 Å². The van der Waals surface area contributed by atoms with Crippen LogP contribution in [0, 0.1) is 0 Å². The number of hydrogen-bond acceptors (Lipinski definition) is 2. The molecule has 0 aromatic heterocycles. The fraction of sp³-hybridized carbons (Fsp3) is 0.250. The minimum Gasteiger partial charge on any atom is -0.469 e. The van der Waals surface area contributed by atoms with Gasteiger partial charge in [0, 0.05) is 5.56 Å². The van der Waals surface area contributed by atoms with E-state index in [1.54, 1.807) is 24.3 Å². The van der Waals surface area contributed by atoms with Crippen LogP contribution in [0.5, 0.6) is 0 Å². The van der Waals surface area contributed by atoms with E-state index in [-0.39, 0.29) is 18.0 Å². The van der Waals surface area contributed by atoms with Crippen LogP contribution in [0.3, 0.4) is 0 Å². The van der Waals surface area contributed by atoms with Gasteiger partial charge in [-0.15, -0.1) is 0 Å². The summed E-state index contributed by atoms with van der Waals surface area (Å²) in [5, 5.41) is 0. The Morgan fingerprint density at radius 2 is 2.25 bits per heavy atom. The molecule has 2 nitrogen and oxygen atoms in total. The fourth-order valence-electron chi connectivity index (χ4n) is 1.17. The first kappa shape index (κ1) is 12.4. The Balaban J connectivity index is 2.66. The van der Waals surface area contributed by atoms with Crippen LogP contribution in [0.15, 0.2) is 30.3 Å². The molecular formula is C12H12F2O2. The van der Waals surface area contributed by atoms with Gasteiger partial charge in [-0.05, 0) is 11.6 Å². The summed E-state index contributed by atoms with van der Waals surface area (Å²) >= 11 is 0. The molecule has 0 aliphatic heterocycles. The van der Waals surface area contributed by atoms with Crippen LogP contribution in [0.4, 0.5) is 8.78 Å². The maximum absolute atomic E-state index is 12.4. The maximum Gasteiger partial charge on any atom is 0.309 e. The Bertz CT molecular complexity index is 386. The third kappa shape index (κ3) is 3.81. The summed E-state index contributed by atoms with van der Waals surface area (Å²) in [5.41, 5.74) is 0.613. The number of methoxy groups -OCH3 is 1. The van der Waals surface area contributed by atoms with Crippen LogP contribution in [-0.2, 0) is 9.53 Å². The van der Waals surface area contributed by atoms with Gasteiger partial charge in [-0.25, -0.2) is 8.78 Å². The SMILES string of the molecule is COC(=O)CC=Cc1cccc(C(F)F)c1. The zero-order valence-electron chi connectivity index (χ0n) is 8.82. The standard InChI is InChI=1S/C12H12F2O2/c1-16-11(15)7-3-5-9-4-2-6-10(8-9)12(13)14/h2-6,8,12H,7H2,1H3. The number of carbonyl (C=O) groups excluding carboxylic acids is 1. The van der Waals surface area contributed by atoms with Crippen LogP contribution >= 0.6 is 0 Å². The first-order valence-electron chi connectivity index (χ1n) is 4.75. The molecular weight excluding hydrogens is 214 g/mol. The number of ether oxygens (including phenoxy) is 1.